The molecule has 2 heterocycles. The molecule has 5 N–H and O–H groups in total. The number of rotatable bonds is 4. The number of fused-ring (bicyclic) bond motifs is 10. The molecule has 8 nitrogen and oxygen atoms in total. The number of hydrogen-bond acceptors (Lipinski definition) is 5. The molecule has 186 valence electrons. The molecule has 1 unspecified atom stereocenters. The summed E-state index contributed by atoms with van der Waals surface area (Å²) >= 11 is 0. The van der Waals surface area contributed by atoms with Gasteiger partial charge in [-0.15, -0.1) is 0 Å². The molecule has 0 saturated carbocycles. The maximum absolute atomic E-state index is 13.5. The van der Waals surface area contributed by atoms with Gasteiger partial charge in [0.05, 0.1) is 6.61 Å². The quantitative estimate of drug-likeness (QED) is 0.438. The minimum atomic E-state index is -0.700. The lowest BCUT2D eigenvalue weighted by molar-refractivity contribution is -0.122. The summed E-state index contributed by atoms with van der Waals surface area (Å²) in [6.07, 6.45) is 1.72. The van der Waals surface area contributed by atoms with Crippen molar-refractivity contribution in [2.75, 3.05) is 17.2 Å². The molecular weight excluding hydrogens is 456 g/mol. The molecule has 8 heteroatoms. The highest BCUT2D eigenvalue weighted by Crippen LogP contribution is 2.25. The number of nitrogens with two attached hydrogens (primary N) is 1. The van der Waals surface area contributed by atoms with Crippen molar-refractivity contribution in [3.05, 3.63) is 94.5 Å². The molecule has 3 aromatic rings. The number of amides is 3. The maximum Gasteiger partial charge on any atom is 0.411 e. The highest BCUT2D eigenvalue weighted by atomic mass is 16.5. The van der Waals surface area contributed by atoms with Crippen molar-refractivity contribution in [3.63, 3.8) is 0 Å². The molecule has 3 aromatic carbocycles. The summed E-state index contributed by atoms with van der Waals surface area (Å²) in [6, 6.07) is 19.3. The minimum Gasteiger partial charge on any atom is -0.449 e. The zero-order valence-corrected chi connectivity index (χ0v) is 20.2. The van der Waals surface area contributed by atoms with E-state index in [-0.39, 0.29) is 12.5 Å². The smallest absolute Gasteiger partial charge is 0.411 e. The third-order valence-electron chi connectivity index (χ3n) is 6.13. The minimum absolute atomic E-state index is 0.226. The lowest BCUT2D eigenvalue weighted by Crippen LogP contribution is -2.33. The highest BCUT2D eigenvalue weighted by molar-refractivity contribution is 5.94. The van der Waals surface area contributed by atoms with Crippen LogP contribution in [0.2, 0.25) is 0 Å². The fourth-order valence-corrected chi connectivity index (χ4v) is 4.26. The van der Waals surface area contributed by atoms with Gasteiger partial charge in [0, 0.05) is 23.5 Å². The van der Waals surface area contributed by atoms with Gasteiger partial charge in [0.15, 0.2) is 0 Å². The number of anilines is 2. The molecule has 5 rings (SSSR count). The Bertz CT molecular complexity index is 1270. The van der Waals surface area contributed by atoms with Crippen LogP contribution >= 0.6 is 0 Å². The first-order chi connectivity index (χ1) is 17.4. The van der Waals surface area contributed by atoms with Crippen LogP contribution in [0.5, 0.6) is 0 Å². The standard InChI is InChI=1S/C28H30N4O4/c1-2-19-15-21-12-11-20(19)8-5-13-36-28(35)32-23-9-3-6-18(14-23)17-30-27(34)25(21)31-24-10-4-7-22(16-24)26(29)33/h3-4,6-7,9-12,14-16,25,31H,2,5,8,13,17H2,1H3,(H2,29,33)(H,30,34)(H,32,35). The molecule has 0 radical (unpaired) electrons. The van der Waals surface area contributed by atoms with Gasteiger partial charge in [-0.05, 0) is 71.8 Å². The number of ether oxygens (including phenoxy) is 1. The van der Waals surface area contributed by atoms with Gasteiger partial charge in [-0.1, -0.05) is 43.3 Å². The van der Waals surface area contributed by atoms with E-state index in [1.807, 2.05) is 30.3 Å². The van der Waals surface area contributed by atoms with E-state index >= 15 is 0 Å². The van der Waals surface area contributed by atoms with Crippen LogP contribution in [0.3, 0.4) is 0 Å². The van der Waals surface area contributed by atoms with Crippen molar-refractivity contribution in [1.82, 2.24) is 5.32 Å². The molecular formula is C28H30N4O4. The van der Waals surface area contributed by atoms with Crippen molar-refractivity contribution in [3.8, 4) is 0 Å². The summed E-state index contributed by atoms with van der Waals surface area (Å²) in [6.45, 7) is 2.64. The Hall–Kier alpha value is -4.33. The normalized spacial score (nSPS) is 16.3. The first-order valence-electron chi connectivity index (χ1n) is 12.0. The lowest BCUT2D eigenvalue weighted by Gasteiger charge is -2.22. The Morgan fingerprint density at radius 1 is 1.08 bits per heavy atom. The second kappa shape index (κ2) is 11.4. The molecule has 0 fully saturated rings. The van der Waals surface area contributed by atoms with Crippen LogP contribution in [0.25, 0.3) is 0 Å². The van der Waals surface area contributed by atoms with Crippen LogP contribution in [-0.2, 0) is 28.9 Å². The molecule has 1 atom stereocenters. The molecule has 0 saturated heterocycles. The Kier molecular flexibility index (Phi) is 7.85. The molecule has 2 aliphatic rings. The van der Waals surface area contributed by atoms with Crippen molar-refractivity contribution in [2.45, 2.75) is 38.8 Å². The highest BCUT2D eigenvalue weighted by Gasteiger charge is 2.22. The number of nitrogens with one attached hydrogen (secondary N) is 3. The molecule has 0 aliphatic carbocycles. The van der Waals surface area contributed by atoms with Crippen molar-refractivity contribution in [2.24, 2.45) is 5.73 Å². The number of carbonyl (C=O) groups excluding carboxylic acids is 3. The fraction of sp³-hybridized carbons (Fsp3) is 0.250. The number of benzene rings is 3. The summed E-state index contributed by atoms with van der Waals surface area (Å²) in [5.74, 6) is -0.762. The largest absolute Gasteiger partial charge is 0.449 e. The predicted molar refractivity (Wildman–Crippen MR) is 139 cm³/mol. The Balaban J connectivity index is 1.69. The number of hydrogen-bond donors (Lipinski definition) is 4. The van der Waals surface area contributed by atoms with Crippen molar-refractivity contribution in [1.29, 1.82) is 0 Å². The second-order valence-corrected chi connectivity index (χ2v) is 8.69. The average molecular weight is 487 g/mol. The second-order valence-electron chi connectivity index (χ2n) is 8.69. The van der Waals surface area contributed by atoms with E-state index in [1.54, 1.807) is 36.4 Å². The zero-order valence-electron chi connectivity index (χ0n) is 20.2. The SMILES string of the molecule is CCc1cc2ccc1CCCOC(=O)Nc1cccc(c1)CNC(=O)C2Nc1cccc(C(N)=O)c1. The van der Waals surface area contributed by atoms with E-state index in [0.717, 1.165) is 35.1 Å². The zero-order chi connectivity index (χ0) is 25.5. The van der Waals surface area contributed by atoms with Gasteiger partial charge >= 0.3 is 6.09 Å². The molecule has 0 aromatic heterocycles. The van der Waals surface area contributed by atoms with Crippen molar-refractivity contribution >= 4 is 29.3 Å². The van der Waals surface area contributed by atoms with Gasteiger partial charge in [-0.3, -0.25) is 14.9 Å². The van der Waals surface area contributed by atoms with E-state index in [9.17, 15) is 14.4 Å². The summed E-state index contributed by atoms with van der Waals surface area (Å²) in [7, 11) is 0. The Morgan fingerprint density at radius 3 is 2.72 bits per heavy atom. The fourth-order valence-electron chi connectivity index (χ4n) is 4.26. The molecule has 0 spiro atoms. The van der Waals surface area contributed by atoms with Crippen molar-refractivity contribution < 1.29 is 19.1 Å². The van der Waals surface area contributed by atoms with Gasteiger partial charge in [0.2, 0.25) is 11.8 Å². The van der Waals surface area contributed by atoms with Crippen LogP contribution in [-0.4, -0.2) is 24.5 Å². The third-order valence-corrected chi connectivity index (χ3v) is 6.13. The predicted octanol–water partition coefficient (Wildman–Crippen LogP) is 4.31. The van der Waals surface area contributed by atoms with E-state index in [2.05, 4.69) is 22.9 Å². The van der Waals surface area contributed by atoms with E-state index < -0.39 is 18.0 Å². The van der Waals surface area contributed by atoms with E-state index in [0.29, 0.717) is 30.0 Å². The van der Waals surface area contributed by atoms with Crippen LogP contribution in [0.15, 0.2) is 66.7 Å². The molecule has 36 heavy (non-hydrogen) atoms. The monoisotopic (exact) mass is 486 g/mol. The third kappa shape index (κ3) is 6.21. The first kappa shape index (κ1) is 24.8. The number of aryl methyl sites for hydroxylation is 2. The first-order valence-corrected chi connectivity index (χ1v) is 12.0. The van der Waals surface area contributed by atoms with Crippen LogP contribution in [0.4, 0.5) is 16.2 Å². The van der Waals surface area contributed by atoms with Crippen LogP contribution in [0.1, 0.15) is 52.0 Å². The van der Waals surface area contributed by atoms with E-state index in [4.69, 9.17) is 10.5 Å². The summed E-state index contributed by atoms with van der Waals surface area (Å²) in [4.78, 5) is 37.3. The van der Waals surface area contributed by atoms with Gasteiger partial charge < -0.3 is 21.1 Å². The average Bonchev–Trinajstić information content (AvgIpc) is 2.88. The van der Waals surface area contributed by atoms with Crippen LogP contribution in [0, 0.1) is 0 Å². The molecule has 2 aliphatic heterocycles. The Morgan fingerprint density at radius 2 is 1.92 bits per heavy atom. The maximum atomic E-state index is 13.5. The topological polar surface area (TPSA) is 123 Å². The van der Waals surface area contributed by atoms with Gasteiger partial charge in [0.1, 0.15) is 6.04 Å². The lowest BCUT2D eigenvalue weighted by atomic mass is 9.95. The Labute approximate surface area is 210 Å². The van der Waals surface area contributed by atoms with Gasteiger partial charge in [0.25, 0.3) is 0 Å². The summed E-state index contributed by atoms with van der Waals surface area (Å²) in [5.41, 5.74) is 10.9. The van der Waals surface area contributed by atoms with Gasteiger partial charge in [-0.2, -0.15) is 0 Å². The summed E-state index contributed by atoms with van der Waals surface area (Å²) in [5, 5.41) is 9.01. The molecule has 4 bridgehead atoms. The number of primary amides is 1. The summed E-state index contributed by atoms with van der Waals surface area (Å²) < 4.78 is 5.34. The molecule has 3 amide bonds. The van der Waals surface area contributed by atoms with E-state index in [1.165, 1.54) is 0 Å². The van der Waals surface area contributed by atoms with Crippen LogP contribution < -0.4 is 21.7 Å². The number of carbonyl (C=O) groups is 3. The van der Waals surface area contributed by atoms with Gasteiger partial charge in [-0.25, -0.2) is 4.79 Å².